The molecule has 0 radical (unpaired) electrons. The minimum absolute atomic E-state index is 0.0700. The van der Waals surface area contributed by atoms with E-state index in [2.05, 4.69) is 12.2 Å². The van der Waals surface area contributed by atoms with Crippen LogP contribution < -0.4 is 5.32 Å². The Balaban J connectivity index is 1.81. The maximum absolute atomic E-state index is 14.2. The maximum atomic E-state index is 14.2. The van der Waals surface area contributed by atoms with Gasteiger partial charge in [-0.25, -0.2) is 12.8 Å². The van der Waals surface area contributed by atoms with E-state index in [0.717, 1.165) is 37.8 Å². The second-order valence-corrected chi connectivity index (χ2v) is 8.91. The predicted octanol–water partition coefficient (Wildman–Crippen LogP) is 2.16. The number of halogens is 1. The van der Waals surface area contributed by atoms with Gasteiger partial charge in [0.05, 0.1) is 13.2 Å². The molecule has 1 aliphatic heterocycles. The van der Waals surface area contributed by atoms with E-state index in [-0.39, 0.29) is 43.8 Å². The smallest absolute Gasteiger partial charge is 0.251 e. The number of hydrogen-bond acceptors (Lipinski definition) is 4. The zero-order chi connectivity index (χ0) is 18.7. The molecule has 144 valence electrons. The zero-order valence-corrected chi connectivity index (χ0v) is 15.7. The number of hydrogen-bond donors (Lipinski definition) is 1. The van der Waals surface area contributed by atoms with Crippen molar-refractivity contribution in [1.29, 1.82) is 0 Å². The summed E-state index contributed by atoms with van der Waals surface area (Å²) in [5.74, 6) is -0.828. The highest BCUT2D eigenvalue weighted by molar-refractivity contribution is 7.89. The molecule has 0 unspecified atom stereocenters. The highest BCUT2D eigenvalue weighted by Crippen LogP contribution is 2.25. The third kappa shape index (κ3) is 4.07. The first-order valence-electron chi connectivity index (χ1n) is 9.08. The molecule has 0 aromatic heterocycles. The van der Waals surface area contributed by atoms with E-state index in [1.54, 1.807) is 0 Å². The molecular weight excluding hydrogens is 359 g/mol. The van der Waals surface area contributed by atoms with Crippen molar-refractivity contribution >= 4 is 15.9 Å². The molecule has 1 saturated heterocycles. The van der Waals surface area contributed by atoms with Crippen molar-refractivity contribution in [1.82, 2.24) is 9.62 Å². The summed E-state index contributed by atoms with van der Waals surface area (Å²) < 4.78 is 46.0. The molecular formula is C18H25FN2O4S. The molecule has 1 aromatic rings. The van der Waals surface area contributed by atoms with Crippen LogP contribution in [0, 0.1) is 11.7 Å². The second kappa shape index (κ2) is 8.02. The Hall–Kier alpha value is -1.51. The van der Waals surface area contributed by atoms with Crippen molar-refractivity contribution in [2.45, 2.75) is 43.5 Å². The number of carbonyl (C=O) groups excluding carboxylic acids is 1. The van der Waals surface area contributed by atoms with Gasteiger partial charge in [-0.3, -0.25) is 4.79 Å². The van der Waals surface area contributed by atoms with Gasteiger partial charge in [0.2, 0.25) is 10.0 Å². The fourth-order valence-corrected chi connectivity index (χ4v) is 5.05. The van der Waals surface area contributed by atoms with Gasteiger partial charge in [0.25, 0.3) is 5.91 Å². The molecule has 1 saturated carbocycles. The van der Waals surface area contributed by atoms with Crippen LogP contribution in [0.3, 0.4) is 0 Å². The molecule has 6 nitrogen and oxygen atoms in total. The van der Waals surface area contributed by atoms with Crippen molar-refractivity contribution < 1.29 is 22.3 Å². The number of sulfonamides is 1. The van der Waals surface area contributed by atoms with Crippen LogP contribution in [0.1, 0.15) is 43.0 Å². The SMILES string of the molecule is C[C@@H]1CCCC[C@@H]1NC(=O)c1ccc(F)c(S(=O)(=O)N2CCOCC2)c1. The van der Waals surface area contributed by atoms with E-state index < -0.39 is 20.7 Å². The molecule has 0 bridgehead atoms. The summed E-state index contributed by atoms with van der Waals surface area (Å²) in [6, 6.07) is 3.59. The highest BCUT2D eigenvalue weighted by Gasteiger charge is 2.30. The molecule has 3 rings (SSSR count). The quantitative estimate of drug-likeness (QED) is 0.863. The molecule has 2 atom stereocenters. The summed E-state index contributed by atoms with van der Waals surface area (Å²) in [5.41, 5.74) is 0.163. The molecule has 8 heteroatoms. The summed E-state index contributed by atoms with van der Waals surface area (Å²) in [6.07, 6.45) is 4.19. The lowest BCUT2D eigenvalue weighted by Crippen LogP contribution is -2.42. The highest BCUT2D eigenvalue weighted by atomic mass is 32.2. The lowest BCUT2D eigenvalue weighted by Gasteiger charge is -2.29. The first-order chi connectivity index (χ1) is 12.4. The van der Waals surface area contributed by atoms with Crippen LogP contribution in [0.25, 0.3) is 0 Å². The molecule has 2 aliphatic rings. The molecule has 26 heavy (non-hydrogen) atoms. The third-order valence-electron chi connectivity index (χ3n) is 5.21. The average molecular weight is 384 g/mol. The first-order valence-corrected chi connectivity index (χ1v) is 10.5. The monoisotopic (exact) mass is 384 g/mol. The Morgan fingerprint density at radius 1 is 1.23 bits per heavy atom. The van der Waals surface area contributed by atoms with Crippen LogP contribution in [0.2, 0.25) is 0 Å². The Labute approximate surface area is 153 Å². The number of benzene rings is 1. The topological polar surface area (TPSA) is 75.7 Å². The van der Waals surface area contributed by atoms with Crippen molar-refractivity contribution in [3.63, 3.8) is 0 Å². The fraction of sp³-hybridized carbons (Fsp3) is 0.611. The zero-order valence-electron chi connectivity index (χ0n) is 14.9. The normalized spacial score (nSPS) is 25.0. The molecule has 1 heterocycles. The van der Waals surface area contributed by atoms with Crippen molar-refractivity contribution in [2.24, 2.45) is 5.92 Å². The van der Waals surface area contributed by atoms with E-state index >= 15 is 0 Å². The van der Waals surface area contributed by atoms with Crippen LogP contribution in [-0.4, -0.2) is 51.0 Å². The van der Waals surface area contributed by atoms with Crippen molar-refractivity contribution in [3.05, 3.63) is 29.6 Å². The van der Waals surface area contributed by atoms with Gasteiger partial charge in [-0.15, -0.1) is 0 Å². The summed E-state index contributed by atoms with van der Waals surface area (Å²) in [4.78, 5) is 12.1. The first kappa shape index (κ1) is 19.3. The number of nitrogens with one attached hydrogen (secondary N) is 1. The van der Waals surface area contributed by atoms with Gasteiger partial charge in [-0.1, -0.05) is 19.8 Å². The lowest BCUT2D eigenvalue weighted by molar-refractivity contribution is 0.0729. The van der Waals surface area contributed by atoms with E-state index in [1.165, 1.54) is 10.4 Å². The molecule has 2 fully saturated rings. The number of morpholine rings is 1. The van der Waals surface area contributed by atoms with Gasteiger partial charge in [0.15, 0.2) is 0 Å². The van der Waals surface area contributed by atoms with E-state index in [0.29, 0.717) is 5.92 Å². The van der Waals surface area contributed by atoms with Crippen LogP contribution in [0.15, 0.2) is 23.1 Å². The number of rotatable bonds is 4. The van der Waals surface area contributed by atoms with Gasteiger partial charge in [0, 0.05) is 24.7 Å². The predicted molar refractivity (Wildman–Crippen MR) is 94.9 cm³/mol. The summed E-state index contributed by atoms with van der Waals surface area (Å²) >= 11 is 0. The molecule has 1 aromatic carbocycles. The number of ether oxygens (including phenoxy) is 1. The largest absolute Gasteiger partial charge is 0.379 e. The Kier molecular flexibility index (Phi) is 5.94. The third-order valence-corrected chi connectivity index (χ3v) is 7.12. The number of amides is 1. The van der Waals surface area contributed by atoms with E-state index in [1.807, 2.05) is 0 Å². The molecule has 1 N–H and O–H groups in total. The minimum Gasteiger partial charge on any atom is -0.379 e. The number of carbonyl (C=O) groups is 1. The lowest BCUT2D eigenvalue weighted by atomic mass is 9.86. The van der Waals surface area contributed by atoms with Gasteiger partial charge in [-0.05, 0) is 37.0 Å². The molecule has 0 spiro atoms. The van der Waals surface area contributed by atoms with Gasteiger partial charge in [0.1, 0.15) is 10.7 Å². The van der Waals surface area contributed by atoms with Crippen LogP contribution in [0.4, 0.5) is 4.39 Å². The van der Waals surface area contributed by atoms with Gasteiger partial charge in [-0.2, -0.15) is 4.31 Å². The van der Waals surface area contributed by atoms with Crippen molar-refractivity contribution in [2.75, 3.05) is 26.3 Å². The standard InChI is InChI=1S/C18H25FN2O4S/c1-13-4-2-3-5-16(13)20-18(22)14-6-7-15(19)17(12-14)26(23,24)21-8-10-25-11-9-21/h6-7,12-13,16H,2-5,8-11H2,1H3,(H,20,22)/t13-,16+/m1/s1. The fourth-order valence-electron chi connectivity index (χ4n) is 3.55. The summed E-state index contributed by atoms with van der Waals surface area (Å²) in [5, 5.41) is 2.97. The summed E-state index contributed by atoms with van der Waals surface area (Å²) in [7, 11) is -3.99. The van der Waals surface area contributed by atoms with Gasteiger partial charge < -0.3 is 10.1 Å². The Morgan fingerprint density at radius 3 is 2.62 bits per heavy atom. The second-order valence-electron chi connectivity index (χ2n) is 7.00. The van der Waals surface area contributed by atoms with Gasteiger partial charge >= 0.3 is 0 Å². The number of nitrogens with zero attached hydrogens (tertiary/aromatic N) is 1. The molecule has 1 aliphatic carbocycles. The van der Waals surface area contributed by atoms with E-state index in [4.69, 9.17) is 4.74 Å². The van der Waals surface area contributed by atoms with E-state index in [9.17, 15) is 17.6 Å². The van der Waals surface area contributed by atoms with Crippen LogP contribution >= 0.6 is 0 Å². The Morgan fingerprint density at radius 2 is 1.92 bits per heavy atom. The summed E-state index contributed by atoms with van der Waals surface area (Å²) in [6.45, 7) is 3.01. The molecule has 1 amide bonds. The van der Waals surface area contributed by atoms with Crippen LogP contribution in [-0.2, 0) is 14.8 Å². The maximum Gasteiger partial charge on any atom is 0.251 e. The average Bonchev–Trinajstić information content (AvgIpc) is 2.64. The van der Waals surface area contributed by atoms with Crippen molar-refractivity contribution in [3.8, 4) is 0 Å². The Bertz CT molecular complexity index is 762. The minimum atomic E-state index is -3.99. The van der Waals surface area contributed by atoms with Crippen LogP contribution in [0.5, 0.6) is 0 Å².